The highest BCUT2D eigenvalue weighted by atomic mass is 16.2. The molecule has 170 valence electrons. The Morgan fingerprint density at radius 3 is 2.55 bits per heavy atom. The van der Waals surface area contributed by atoms with Gasteiger partial charge < -0.3 is 15.3 Å². The van der Waals surface area contributed by atoms with E-state index in [1.807, 2.05) is 26.8 Å². The van der Waals surface area contributed by atoms with Crippen LogP contribution in [-0.2, 0) is 6.54 Å². The number of aromatic amines is 3. The van der Waals surface area contributed by atoms with Crippen molar-refractivity contribution in [2.45, 2.75) is 40.3 Å². The van der Waals surface area contributed by atoms with E-state index in [0.717, 1.165) is 11.3 Å². The van der Waals surface area contributed by atoms with Crippen LogP contribution < -0.4 is 22.1 Å². The molecule has 4 aromatic rings. The Kier molecular flexibility index (Phi) is 5.54. The summed E-state index contributed by atoms with van der Waals surface area (Å²) < 4.78 is 1.64. The van der Waals surface area contributed by atoms with E-state index in [1.54, 1.807) is 17.8 Å². The van der Waals surface area contributed by atoms with Crippen LogP contribution in [0.2, 0.25) is 0 Å². The van der Waals surface area contributed by atoms with Crippen molar-refractivity contribution in [2.24, 2.45) is 0 Å². The van der Waals surface area contributed by atoms with Gasteiger partial charge in [0.05, 0.1) is 28.4 Å². The van der Waals surface area contributed by atoms with Crippen molar-refractivity contribution < 1.29 is 4.79 Å². The van der Waals surface area contributed by atoms with Crippen molar-refractivity contribution in [3.8, 4) is 11.3 Å². The fourth-order valence-corrected chi connectivity index (χ4v) is 3.69. The number of pyridine rings is 2. The second-order valence-corrected chi connectivity index (χ2v) is 8.09. The number of nitrogens with one attached hydrogen (secondary N) is 4. The van der Waals surface area contributed by atoms with Gasteiger partial charge in [-0.05, 0) is 45.4 Å². The number of aromatic nitrogens is 6. The van der Waals surface area contributed by atoms with Crippen molar-refractivity contribution in [1.82, 2.24) is 35.0 Å². The molecule has 0 saturated heterocycles. The summed E-state index contributed by atoms with van der Waals surface area (Å²) in [7, 11) is 0. The maximum atomic E-state index is 13.2. The van der Waals surface area contributed by atoms with Gasteiger partial charge in [-0.15, -0.1) is 0 Å². The Labute approximate surface area is 186 Å². The van der Waals surface area contributed by atoms with Gasteiger partial charge in [0.2, 0.25) is 0 Å². The minimum absolute atomic E-state index is 0.0248. The molecule has 4 rings (SSSR count). The average molecular weight is 449 g/mol. The predicted molar refractivity (Wildman–Crippen MR) is 122 cm³/mol. The number of rotatable bonds is 5. The van der Waals surface area contributed by atoms with Crippen molar-refractivity contribution in [3.63, 3.8) is 0 Å². The number of hydrogen-bond donors (Lipinski definition) is 4. The zero-order valence-electron chi connectivity index (χ0n) is 18.6. The molecule has 11 nitrogen and oxygen atoms in total. The number of amides is 1. The highest BCUT2D eigenvalue weighted by Crippen LogP contribution is 2.24. The molecule has 1 amide bonds. The molecule has 0 aromatic carbocycles. The fraction of sp³-hybridized carbons (Fsp3) is 0.273. The second-order valence-electron chi connectivity index (χ2n) is 8.09. The molecule has 4 heterocycles. The van der Waals surface area contributed by atoms with Crippen LogP contribution in [0, 0.1) is 13.8 Å². The van der Waals surface area contributed by atoms with Crippen LogP contribution in [0.5, 0.6) is 0 Å². The Hall–Kier alpha value is -4.28. The van der Waals surface area contributed by atoms with Gasteiger partial charge >= 0.3 is 5.69 Å². The van der Waals surface area contributed by atoms with Gasteiger partial charge in [-0.25, -0.2) is 14.5 Å². The first kappa shape index (κ1) is 21.9. The third kappa shape index (κ3) is 4.12. The number of nitrogens with zero attached hydrogens (tertiary/aromatic N) is 3. The largest absolute Gasteiger partial charge is 0.348 e. The van der Waals surface area contributed by atoms with E-state index in [9.17, 15) is 19.2 Å². The Morgan fingerprint density at radius 1 is 1.12 bits per heavy atom. The zero-order valence-corrected chi connectivity index (χ0v) is 18.6. The zero-order chi connectivity index (χ0) is 23.9. The molecule has 4 N–H and O–H groups in total. The summed E-state index contributed by atoms with van der Waals surface area (Å²) in [6.45, 7) is 7.45. The molecule has 0 spiro atoms. The minimum Gasteiger partial charge on any atom is -0.348 e. The summed E-state index contributed by atoms with van der Waals surface area (Å²) in [6, 6.07) is 3.25. The number of hydrogen-bond acceptors (Lipinski definition) is 6. The lowest BCUT2D eigenvalue weighted by Crippen LogP contribution is -2.28. The first-order chi connectivity index (χ1) is 15.7. The molecular weight excluding hydrogens is 426 g/mol. The second kappa shape index (κ2) is 8.34. The molecule has 0 fully saturated rings. The molecule has 33 heavy (non-hydrogen) atoms. The quantitative estimate of drug-likeness (QED) is 0.359. The topological polar surface area (TPSA) is 158 Å². The highest BCUT2D eigenvalue weighted by Gasteiger charge is 2.20. The van der Waals surface area contributed by atoms with Gasteiger partial charge in [0, 0.05) is 30.0 Å². The number of fused-ring (bicyclic) bond motifs is 1. The first-order valence-electron chi connectivity index (χ1n) is 10.3. The molecule has 11 heteroatoms. The minimum atomic E-state index is -0.645. The normalized spacial score (nSPS) is 11.3. The van der Waals surface area contributed by atoms with Crippen molar-refractivity contribution in [3.05, 3.63) is 78.1 Å². The van der Waals surface area contributed by atoms with Crippen LogP contribution in [0.25, 0.3) is 22.3 Å². The van der Waals surface area contributed by atoms with Crippen LogP contribution in [-0.4, -0.2) is 35.6 Å². The molecule has 0 radical (unpaired) electrons. The van der Waals surface area contributed by atoms with Gasteiger partial charge in [-0.3, -0.25) is 19.4 Å². The smallest absolute Gasteiger partial charge is 0.325 e. The molecule has 0 bridgehead atoms. The summed E-state index contributed by atoms with van der Waals surface area (Å²) in [4.78, 5) is 61.1. The number of aryl methyl sites for hydroxylation is 2. The summed E-state index contributed by atoms with van der Waals surface area (Å²) in [5.41, 5.74) is 1.39. The van der Waals surface area contributed by atoms with Gasteiger partial charge in [-0.2, -0.15) is 5.10 Å². The van der Waals surface area contributed by atoms with Crippen molar-refractivity contribution in [2.75, 3.05) is 0 Å². The van der Waals surface area contributed by atoms with Gasteiger partial charge in [0.25, 0.3) is 17.0 Å². The van der Waals surface area contributed by atoms with E-state index >= 15 is 0 Å². The lowest BCUT2D eigenvalue weighted by atomic mass is 10.1. The summed E-state index contributed by atoms with van der Waals surface area (Å²) >= 11 is 0. The summed E-state index contributed by atoms with van der Waals surface area (Å²) in [5.74, 6) is -0.452. The van der Waals surface area contributed by atoms with Crippen molar-refractivity contribution >= 4 is 16.9 Å². The third-order valence-corrected chi connectivity index (χ3v) is 5.32. The van der Waals surface area contributed by atoms with E-state index in [2.05, 4.69) is 30.4 Å². The Bertz CT molecular complexity index is 1560. The number of carbonyl (C=O) groups excluding carboxylic acids is 1. The Balaban J connectivity index is 1.81. The molecule has 0 aliphatic rings. The summed E-state index contributed by atoms with van der Waals surface area (Å²) in [5, 5.41) is 7.62. The molecule has 0 aliphatic heterocycles. The molecule has 4 aromatic heterocycles. The van der Waals surface area contributed by atoms with Gasteiger partial charge in [-0.1, -0.05) is 0 Å². The lowest BCUT2D eigenvalue weighted by molar-refractivity contribution is 0.0952. The van der Waals surface area contributed by atoms with Gasteiger partial charge in [0.15, 0.2) is 5.65 Å². The van der Waals surface area contributed by atoms with E-state index < -0.39 is 17.2 Å². The predicted octanol–water partition coefficient (Wildman–Crippen LogP) is 1.29. The lowest BCUT2D eigenvalue weighted by Gasteiger charge is -2.11. The summed E-state index contributed by atoms with van der Waals surface area (Å²) in [6.07, 6.45) is 2.80. The first-order valence-corrected chi connectivity index (χ1v) is 10.3. The molecule has 0 atom stereocenters. The monoisotopic (exact) mass is 449 g/mol. The van der Waals surface area contributed by atoms with E-state index in [-0.39, 0.29) is 35.0 Å². The molecular formula is C22H23N7O4. The van der Waals surface area contributed by atoms with Crippen molar-refractivity contribution in [1.29, 1.82) is 0 Å². The number of H-pyrrole nitrogens is 3. The van der Waals surface area contributed by atoms with E-state index in [4.69, 9.17) is 0 Å². The van der Waals surface area contributed by atoms with Gasteiger partial charge in [0.1, 0.15) is 0 Å². The fourth-order valence-electron chi connectivity index (χ4n) is 3.69. The highest BCUT2D eigenvalue weighted by molar-refractivity contribution is 6.06. The third-order valence-electron chi connectivity index (χ3n) is 5.32. The van der Waals surface area contributed by atoms with Crippen LogP contribution in [0.3, 0.4) is 0 Å². The van der Waals surface area contributed by atoms with Crippen LogP contribution in [0.1, 0.15) is 47.1 Å². The number of carbonyl (C=O) groups is 1. The standard InChI is InChI=1S/C22H23N7O4/c1-10(2)29-18-15(9-25-29)13(6-17(27-18)16-8-24-22(33)28-21(16)32)19(30)23-7-14-11(3)5-12(4)26-20(14)31/h5-6,8-10H,7H2,1-4H3,(H,23,30)(H,26,31)(H2,24,28,32,33). The van der Waals surface area contributed by atoms with Crippen LogP contribution >= 0.6 is 0 Å². The SMILES string of the molecule is Cc1cc(C)c(CNC(=O)c2cc(-c3c[nH]c(=O)[nH]c3=O)nc3c2cnn3C(C)C)c(=O)[nH]1. The van der Waals surface area contributed by atoms with Crippen LogP contribution in [0.15, 0.2) is 38.9 Å². The van der Waals surface area contributed by atoms with Crippen LogP contribution in [0.4, 0.5) is 0 Å². The van der Waals surface area contributed by atoms with E-state index in [0.29, 0.717) is 16.6 Å². The van der Waals surface area contributed by atoms with E-state index in [1.165, 1.54) is 12.3 Å². The maximum absolute atomic E-state index is 13.2. The maximum Gasteiger partial charge on any atom is 0.325 e. The molecule has 0 unspecified atom stereocenters. The molecule has 0 aliphatic carbocycles. The molecule has 0 saturated carbocycles. The Morgan fingerprint density at radius 2 is 1.88 bits per heavy atom. The average Bonchev–Trinajstić information content (AvgIpc) is 3.16.